The minimum atomic E-state index is -1.51. The summed E-state index contributed by atoms with van der Waals surface area (Å²) in [6.45, 7) is -0.0960. The van der Waals surface area contributed by atoms with Gasteiger partial charge in [-0.05, 0) is 17.5 Å². The lowest BCUT2D eigenvalue weighted by atomic mass is 10.00. The molecule has 0 saturated heterocycles. The van der Waals surface area contributed by atoms with Gasteiger partial charge in [0, 0.05) is 6.54 Å². The largest absolute Gasteiger partial charge is 0.481 e. The molecule has 7 heteroatoms. The first-order valence-corrected chi connectivity index (χ1v) is 9.00. The van der Waals surface area contributed by atoms with E-state index in [-0.39, 0.29) is 31.7 Å². The molecule has 2 amide bonds. The highest BCUT2D eigenvalue weighted by Gasteiger charge is 2.27. The minimum absolute atomic E-state index is 0.0960. The number of carboxylic acid groups (broad SMARTS) is 1. The number of aliphatic hydroxyl groups is 1. The van der Waals surface area contributed by atoms with E-state index >= 15 is 0 Å². The van der Waals surface area contributed by atoms with Crippen LogP contribution >= 0.6 is 0 Å². The number of benzene rings is 2. The summed E-state index contributed by atoms with van der Waals surface area (Å²) in [6, 6.07) is 17.5. The van der Waals surface area contributed by atoms with E-state index in [9.17, 15) is 19.5 Å². The van der Waals surface area contributed by atoms with Gasteiger partial charge in [0.05, 0.1) is 18.9 Å². The van der Waals surface area contributed by atoms with Gasteiger partial charge in [-0.3, -0.25) is 14.4 Å². The number of carboxylic acids is 1. The number of carbonyl (C=O) groups is 3. The summed E-state index contributed by atoms with van der Waals surface area (Å²) >= 11 is 0. The van der Waals surface area contributed by atoms with E-state index in [2.05, 4.69) is 10.6 Å². The number of rotatable bonds is 10. The molecule has 0 aliphatic heterocycles. The van der Waals surface area contributed by atoms with E-state index in [1.807, 2.05) is 60.7 Å². The Morgan fingerprint density at radius 1 is 0.893 bits per heavy atom. The van der Waals surface area contributed by atoms with Gasteiger partial charge in [0.25, 0.3) is 5.91 Å². The average molecular weight is 384 g/mol. The Labute approximate surface area is 163 Å². The molecule has 0 aliphatic carbocycles. The number of hydrogen-bond donors (Lipinski definition) is 4. The number of carbonyl (C=O) groups excluding carboxylic acids is 2. The topological polar surface area (TPSA) is 116 Å². The molecule has 2 aromatic carbocycles. The SMILES string of the molecule is O=C(O)CCNC(=O)C(O)[C@H](Cc1ccccc1)NC(=O)Cc1ccccc1. The van der Waals surface area contributed by atoms with Crippen molar-refractivity contribution < 1.29 is 24.6 Å². The van der Waals surface area contributed by atoms with Crippen LogP contribution in [0.3, 0.4) is 0 Å². The molecule has 2 aromatic rings. The standard InChI is InChI=1S/C21H24N2O5/c24-18(14-16-9-5-2-6-10-16)23-17(13-15-7-3-1-4-8-15)20(27)21(28)22-12-11-19(25)26/h1-10,17,20,27H,11-14H2,(H,22,28)(H,23,24)(H,25,26)/t17-,20?/m0/s1. The summed E-state index contributed by atoms with van der Waals surface area (Å²) in [5, 5.41) is 24.2. The summed E-state index contributed by atoms with van der Waals surface area (Å²) in [7, 11) is 0. The Morgan fingerprint density at radius 2 is 1.46 bits per heavy atom. The fourth-order valence-electron chi connectivity index (χ4n) is 2.73. The highest BCUT2D eigenvalue weighted by atomic mass is 16.4. The van der Waals surface area contributed by atoms with Crippen molar-refractivity contribution in [1.82, 2.24) is 10.6 Å². The number of nitrogens with one attached hydrogen (secondary N) is 2. The summed E-state index contributed by atoms with van der Waals surface area (Å²) < 4.78 is 0. The molecule has 2 rings (SSSR count). The van der Waals surface area contributed by atoms with E-state index in [1.165, 1.54) is 0 Å². The molecule has 2 atom stereocenters. The third-order valence-electron chi connectivity index (χ3n) is 4.14. The van der Waals surface area contributed by atoms with Crippen LogP contribution in [0.25, 0.3) is 0 Å². The first-order chi connectivity index (χ1) is 13.5. The predicted molar refractivity (Wildman–Crippen MR) is 103 cm³/mol. The molecule has 0 radical (unpaired) electrons. The van der Waals surface area contributed by atoms with Crippen LogP contribution < -0.4 is 10.6 Å². The molecular formula is C21H24N2O5. The fraction of sp³-hybridized carbons (Fsp3) is 0.286. The molecule has 0 heterocycles. The van der Waals surface area contributed by atoms with Gasteiger partial charge in [-0.2, -0.15) is 0 Å². The van der Waals surface area contributed by atoms with E-state index in [1.54, 1.807) is 0 Å². The molecule has 0 aliphatic rings. The van der Waals surface area contributed by atoms with Gasteiger partial charge in [0.1, 0.15) is 0 Å². The third kappa shape index (κ3) is 7.20. The van der Waals surface area contributed by atoms with Gasteiger partial charge in [-0.1, -0.05) is 60.7 Å². The maximum Gasteiger partial charge on any atom is 0.305 e. The quantitative estimate of drug-likeness (QED) is 0.486. The average Bonchev–Trinajstić information content (AvgIpc) is 2.68. The number of amides is 2. The fourth-order valence-corrected chi connectivity index (χ4v) is 2.73. The Kier molecular flexibility index (Phi) is 8.17. The lowest BCUT2D eigenvalue weighted by molar-refractivity contribution is -0.137. The third-order valence-corrected chi connectivity index (χ3v) is 4.14. The zero-order valence-corrected chi connectivity index (χ0v) is 15.4. The van der Waals surface area contributed by atoms with Crippen LogP contribution in [0.2, 0.25) is 0 Å². The normalized spacial score (nSPS) is 12.6. The van der Waals surface area contributed by atoms with Gasteiger partial charge in [-0.25, -0.2) is 0 Å². The van der Waals surface area contributed by atoms with Crippen molar-refractivity contribution in [2.24, 2.45) is 0 Å². The van der Waals surface area contributed by atoms with Gasteiger partial charge < -0.3 is 20.8 Å². The molecule has 0 saturated carbocycles. The van der Waals surface area contributed by atoms with E-state index in [4.69, 9.17) is 5.11 Å². The Bertz CT molecular complexity index is 780. The summed E-state index contributed by atoms with van der Waals surface area (Å²) in [5.41, 5.74) is 1.67. The first-order valence-electron chi connectivity index (χ1n) is 9.00. The van der Waals surface area contributed by atoms with Crippen LogP contribution in [-0.4, -0.2) is 46.7 Å². The molecule has 7 nitrogen and oxygen atoms in total. The van der Waals surface area contributed by atoms with E-state index in [0.717, 1.165) is 11.1 Å². The maximum absolute atomic E-state index is 12.4. The smallest absolute Gasteiger partial charge is 0.305 e. The van der Waals surface area contributed by atoms with E-state index < -0.39 is 24.0 Å². The molecule has 1 unspecified atom stereocenters. The highest BCUT2D eigenvalue weighted by Crippen LogP contribution is 2.08. The van der Waals surface area contributed by atoms with Crippen LogP contribution in [0.1, 0.15) is 17.5 Å². The lowest BCUT2D eigenvalue weighted by Gasteiger charge is -2.24. The second-order valence-electron chi connectivity index (χ2n) is 6.41. The Morgan fingerprint density at radius 3 is 2.04 bits per heavy atom. The molecule has 0 spiro atoms. The minimum Gasteiger partial charge on any atom is -0.481 e. The molecule has 148 valence electrons. The van der Waals surface area contributed by atoms with Crippen LogP contribution in [-0.2, 0) is 27.2 Å². The zero-order chi connectivity index (χ0) is 20.4. The number of aliphatic hydroxyl groups excluding tert-OH is 1. The van der Waals surface area contributed by atoms with Crippen molar-refractivity contribution in [3.8, 4) is 0 Å². The van der Waals surface area contributed by atoms with Crippen molar-refractivity contribution in [3.05, 3.63) is 71.8 Å². The maximum atomic E-state index is 12.4. The van der Waals surface area contributed by atoms with Crippen molar-refractivity contribution in [3.63, 3.8) is 0 Å². The summed E-state index contributed by atoms with van der Waals surface area (Å²) in [5.74, 6) is -2.08. The highest BCUT2D eigenvalue weighted by molar-refractivity contribution is 5.84. The molecule has 0 fully saturated rings. The summed E-state index contributed by atoms with van der Waals surface area (Å²) in [6.07, 6.45) is -1.37. The number of hydrogen-bond acceptors (Lipinski definition) is 4. The molecule has 4 N–H and O–H groups in total. The van der Waals surface area contributed by atoms with Crippen molar-refractivity contribution in [1.29, 1.82) is 0 Å². The monoisotopic (exact) mass is 384 g/mol. The second kappa shape index (κ2) is 10.8. The van der Waals surface area contributed by atoms with Crippen LogP contribution in [0.5, 0.6) is 0 Å². The van der Waals surface area contributed by atoms with Crippen molar-refractivity contribution in [2.75, 3.05) is 6.54 Å². The van der Waals surface area contributed by atoms with Gasteiger partial charge >= 0.3 is 5.97 Å². The van der Waals surface area contributed by atoms with Gasteiger partial charge in [-0.15, -0.1) is 0 Å². The van der Waals surface area contributed by atoms with Gasteiger partial charge in [0.15, 0.2) is 6.10 Å². The van der Waals surface area contributed by atoms with Crippen LogP contribution in [0.15, 0.2) is 60.7 Å². The second-order valence-corrected chi connectivity index (χ2v) is 6.41. The van der Waals surface area contributed by atoms with Crippen LogP contribution in [0.4, 0.5) is 0 Å². The zero-order valence-electron chi connectivity index (χ0n) is 15.4. The molecule has 28 heavy (non-hydrogen) atoms. The molecular weight excluding hydrogens is 360 g/mol. The first kappa shape index (κ1) is 21.1. The van der Waals surface area contributed by atoms with Crippen molar-refractivity contribution >= 4 is 17.8 Å². The molecule has 0 bridgehead atoms. The summed E-state index contributed by atoms with van der Waals surface area (Å²) in [4.78, 5) is 35.2. The predicted octanol–water partition coefficient (Wildman–Crippen LogP) is 0.908. The van der Waals surface area contributed by atoms with E-state index in [0.29, 0.717) is 0 Å². The van der Waals surface area contributed by atoms with Crippen molar-refractivity contribution in [2.45, 2.75) is 31.4 Å². The van der Waals surface area contributed by atoms with Crippen LogP contribution in [0, 0.1) is 0 Å². The van der Waals surface area contributed by atoms with Gasteiger partial charge in [0.2, 0.25) is 5.91 Å². The number of aliphatic carboxylic acids is 1. The lowest BCUT2D eigenvalue weighted by Crippen LogP contribution is -2.52. The Balaban J connectivity index is 2.04. The Hall–Kier alpha value is -3.19. The molecule has 0 aromatic heterocycles.